The third kappa shape index (κ3) is 4.80. The summed E-state index contributed by atoms with van der Waals surface area (Å²) in [6, 6.07) is 0. The SMILES string of the molecule is CCCCCCCCCCCC[n+]1ccn(C23CC4CC(CC(C4)C2)C3)c1. The molecule has 27 heavy (non-hydrogen) atoms. The molecule has 0 spiro atoms. The van der Waals surface area contributed by atoms with E-state index in [-0.39, 0.29) is 0 Å². The molecular formula is C25H43N2+. The number of hydrogen-bond acceptors (Lipinski definition) is 0. The average Bonchev–Trinajstić information content (AvgIpc) is 3.12. The second kappa shape index (κ2) is 9.14. The van der Waals surface area contributed by atoms with Gasteiger partial charge in [-0.2, -0.15) is 0 Å². The Labute approximate surface area is 167 Å². The number of rotatable bonds is 12. The van der Waals surface area contributed by atoms with Gasteiger partial charge < -0.3 is 0 Å². The van der Waals surface area contributed by atoms with Crippen molar-refractivity contribution in [3.63, 3.8) is 0 Å². The lowest BCUT2D eigenvalue weighted by molar-refractivity contribution is -0.697. The Morgan fingerprint density at radius 1 is 0.778 bits per heavy atom. The number of imidazole rings is 1. The van der Waals surface area contributed by atoms with Crippen LogP contribution in [0.4, 0.5) is 0 Å². The van der Waals surface area contributed by atoms with Crippen molar-refractivity contribution in [3.05, 3.63) is 18.7 Å². The minimum absolute atomic E-state index is 0.498. The van der Waals surface area contributed by atoms with Crippen molar-refractivity contribution in [3.8, 4) is 0 Å². The lowest BCUT2D eigenvalue weighted by Crippen LogP contribution is -2.51. The minimum atomic E-state index is 0.498. The molecule has 0 saturated heterocycles. The molecule has 1 heterocycles. The maximum absolute atomic E-state index is 2.65. The molecule has 4 fully saturated rings. The van der Waals surface area contributed by atoms with E-state index in [1.807, 2.05) is 0 Å². The van der Waals surface area contributed by atoms with Gasteiger partial charge in [-0.3, -0.25) is 0 Å². The lowest BCUT2D eigenvalue weighted by atomic mass is 9.53. The molecule has 1 aromatic heterocycles. The molecule has 0 unspecified atom stereocenters. The Kier molecular flexibility index (Phi) is 6.61. The highest BCUT2D eigenvalue weighted by Crippen LogP contribution is 2.58. The Morgan fingerprint density at radius 3 is 1.85 bits per heavy atom. The maximum Gasteiger partial charge on any atom is 0.244 e. The number of hydrogen-bond donors (Lipinski definition) is 0. The quantitative estimate of drug-likeness (QED) is 0.288. The van der Waals surface area contributed by atoms with Gasteiger partial charge in [-0.25, -0.2) is 9.13 Å². The largest absolute Gasteiger partial charge is 0.244 e. The summed E-state index contributed by atoms with van der Waals surface area (Å²) in [6.45, 7) is 3.52. The zero-order valence-corrected chi connectivity index (χ0v) is 17.9. The highest BCUT2D eigenvalue weighted by Gasteiger charge is 2.54. The molecule has 2 nitrogen and oxygen atoms in total. The first-order valence-corrected chi connectivity index (χ1v) is 12.3. The maximum atomic E-state index is 2.65. The van der Waals surface area contributed by atoms with Gasteiger partial charge in [0, 0.05) is 0 Å². The fraction of sp³-hybridized carbons (Fsp3) is 0.880. The Morgan fingerprint density at radius 2 is 1.30 bits per heavy atom. The molecule has 1 aromatic rings. The molecule has 5 rings (SSSR count). The Balaban J connectivity index is 1.15. The van der Waals surface area contributed by atoms with Crippen LogP contribution in [0.15, 0.2) is 18.7 Å². The number of unbranched alkanes of at least 4 members (excludes halogenated alkanes) is 9. The summed E-state index contributed by atoms with van der Waals surface area (Å²) in [5.74, 6) is 3.11. The van der Waals surface area contributed by atoms with Crippen LogP contribution in [0, 0.1) is 17.8 Å². The molecular weight excluding hydrogens is 328 g/mol. The number of nitrogens with zero attached hydrogens (tertiary/aromatic N) is 2. The van der Waals surface area contributed by atoms with E-state index in [4.69, 9.17) is 0 Å². The van der Waals surface area contributed by atoms with Crippen LogP contribution < -0.4 is 4.57 Å². The van der Waals surface area contributed by atoms with E-state index in [0.717, 1.165) is 17.8 Å². The topological polar surface area (TPSA) is 8.81 Å². The van der Waals surface area contributed by atoms with Gasteiger partial charge in [0.1, 0.15) is 17.9 Å². The summed E-state index contributed by atoms with van der Waals surface area (Å²) < 4.78 is 5.12. The second-order valence-corrected chi connectivity index (χ2v) is 10.4. The fourth-order valence-electron chi connectivity index (χ4n) is 6.97. The highest BCUT2D eigenvalue weighted by atomic mass is 15.2. The molecule has 0 aliphatic heterocycles. The summed E-state index contributed by atoms with van der Waals surface area (Å²) in [7, 11) is 0. The third-order valence-corrected chi connectivity index (χ3v) is 8.01. The molecule has 4 aliphatic carbocycles. The van der Waals surface area contributed by atoms with Crippen LogP contribution in [0.5, 0.6) is 0 Å². The van der Waals surface area contributed by atoms with Crippen molar-refractivity contribution in [1.82, 2.24) is 4.57 Å². The predicted molar refractivity (Wildman–Crippen MR) is 113 cm³/mol. The van der Waals surface area contributed by atoms with E-state index in [1.165, 1.54) is 109 Å². The van der Waals surface area contributed by atoms with E-state index in [9.17, 15) is 0 Å². The van der Waals surface area contributed by atoms with E-state index in [0.29, 0.717) is 5.54 Å². The van der Waals surface area contributed by atoms with Crippen LogP contribution in [-0.2, 0) is 12.1 Å². The molecule has 4 aliphatic rings. The molecule has 0 atom stereocenters. The number of aryl methyl sites for hydroxylation is 1. The van der Waals surface area contributed by atoms with Gasteiger partial charge in [0.15, 0.2) is 0 Å². The summed E-state index contributed by atoms with van der Waals surface area (Å²) >= 11 is 0. The van der Waals surface area contributed by atoms with Crippen molar-refractivity contribution in [2.75, 3.05) is 0 Å². The van der Waals surface area contributed by atoms with Crippen molar-refractivity contribution < 1.29 is 4.57 Å². The summed E-state index contributed by atoms with van der Waals surface area (Å²) in [5, 5.41) is 0. The van der Waals surface area contributed by atoms with Gasteiger partial charge in [-0.1, -0.05) is 58.3 Å². The first kappa shape index (κ1) is 19.5. The van der Waals surface area contributed by atoms with Gasteiger partial charge in [0.2, 0.25) is 6.33 Å². The van der Waals surface area contributed by atoms with Crippen molar-refractivity contribution in [1.29, 1.82) is 0 Å². The average molecular weight is 372 g/mol. The molecule has 0 radical (unpaired) electrons. The van der Waals surface area contributed by atoms with Gasteiger partial charge in [-0.05, 0) is 69.1 Å². The standard InChI is InChI=1S/C25H43N2/c1-2-3-4-5-6-7-8-9-10-11-12-26-13-14-27(21-26)25-18-22-15-23(19-25)17-24(16-22)20-25/h13-14,21-24H,2-12,15-20H2,1H3/q+1. The molecule has 4 bridgehead atoms. The lowest BCUT2D eigenvalue weighted by Gasteiger charge is -2.54. The molecule has 4 saturated carbocycles. The van der Waals surface area contributed by atoms with Crippen molar-refractivity contribution in [2.24, 2.45) is 17.8 Å². The summed E-state index contributed by atoms with van der Waals surface area (Å²) in [6.07, 6.45) is 30.5. The van der Waals surface area contributed by atoms with Crippen LogP contribution in [0.2, 0.25) is 0 Å². The van der Waals surface area contributed by atoms with Crippen molar-refractivity contribution in [2.45, 2.75) is 122 Å². The van der Waals surface area contributed by atoms with Crippen LogP contribution in [0.1, 0.15) is 110 Å². The normalized spacial score (nSPS) is 31.7. The fourth-order valence-corrected chi connectivity index (χ4v) is 6.97. The monoisotopic (exact) mass is 371 g/mol. The smallest absolute Gasteiger partial charge is 0.237 e. The van der Waals surface area contributed by atoms with Crippen LogP contribution in [-0.4, -0.2) is 4.57 Å². The zero-order valence-electron chi connectivity index (χ0n) is 17.9. The Hall–Kier alpha value is -0.790. The minimum Gasteiger partial charge on any atom is -0.237 e. The van der Waals surface area contributed by atoms with Gasteiger partial charge in [0.05, 0.1) is 6.54 Å². The zero-order chi connectivity index (χ0) is 18.5. The molecule has 0 aromatic carbocycles. The highest BCUT2D eigenvalue weighted by molar-refractivity contribution is 5.05. The third-order valence-electron chi connectivity index (χ3n) is 8.01. The molecule has 2 heteroatoms. The van der Waals surface area contributed by atoms with Crippen molar-refractivity contribution >= 4 is 0 Å². The molecule has 0 N–H and O–H groups in total. The van der Waals surface area contributed by atoms with Crippen LogP contribution >= 0.6 is 0 Å². The van der Waals surface area contributed by atoms with E-state index in [2.05, 4.69) is 34.8 Å². The van der Waals surface area contributed by atoms with Crippen LogP contribution in [0.25, 0.3) is 0 Å². The van der Waals surface area contributed by atoms with E-state index >= 15 is 0 Å². The summed E-state index contributed by atoms with van der Waals surface area (Å²) in [4.78, 5) is 0. The van der Waals surface area contributed by atoms with E-state index in [1.54, 1.807) is 0 Å². The number of aromatic nitrogens is 2. The van der Waals surface area contributed by atoms with E-state index < -0.39 is 0 Å². The second-order valence-electron chi connectivity index (χ2n) is 10.4. The molecule has 152 valence electrons. The van der Waals surface area contributed by atoms with Gasteiger partial charge in [-0.15, -0.1) is 0 Å². The van der Waals surface area contributed by atoms with Crippen LogP contribution in [0.3, 0.4) is 0 Å². The molecule has 0 amide bonds. The summed E-state index contributed by atoms with van der Waals surface area (Å²) in [5.41, 5.74) is 0.498. The Bertz CT molecular complexity index is 537. The van der Waals surface area contributed by atoms with Gasteiger partial charge in [0.25, 0.3) is 0 Å². The predicted octanol–water partition coefficient (Wildman–Crippen LogP) is 6.62. The van der Waals surface area contributed by atoms with Gasteiger partial charge >= 0.3 is 0 Å². The first-order chi connectivity index (χ1) is 13.3. The first-order valence-electron chi connectivity index (χ1n) is 12.3.